The van der Waals surface area contributed by atoms with Gasteiger partial charge in [-0.2, -0.15) is 0 Å². The molecule has 3 heteroatoms. The molecular weight excluding hydrogens is 260 g/mol. The lowest BCUT2D eigenvalue weighted by Crippen LogP contribution is -2.15. The van der Waals surface area contributed by atoms with Crippen molar-refractivity contribution in [1.82, 2.24) is 10.3 Å². The van der Waals surface area contributed by atoms with Crippen LogP contribution in [0.4, 0.5) is 0 Å². The molecule has 1 heterocycles. The number of benzene rings is 1. The summed E-state index contributed by atoms with van der Waals surface area (Å²) in [6, 6.07) is 11.1. The van der Waals surface area contributed by atoms with Crippen LogP contribution in [0.25, 0.3) is 0 Å². The minimum atomic E-state index is 0.694. The van der Waals surface area contributed by atoms with Gasteiger partial charge in [0.05, 0.1) is 6.20 Å². The molecule has 0 saturated heterocycles. The lowest BCUT2D eigenvalue weighted by atomic mass is 10.1. The van der Waals surface area contributed by atoms with Gasteiger partial charge in [0, 0.05) is 24.3 Å². The maximum absolute atomic E-state index is 5.99. The van der Waals surface area contributed by atoms with Crippen molar-refractivity contribution in [2.24, 2.45) is 0 Å². The molecule has 1 N–H and O–H groups in total. The van der Waals surface area contributed by atoms with Gasteiger partial charge in [-0.25, -0.2) is 0 Å². The summed E-state index contributed by atoms with van der Waals surface area (Å²) in [4.78, 5) is 4.18. The van der Waals surface area contributed by atoms with E-state index in [1.54, 1.807) is 6.20 Å². The number of rotatable bonds is 7. The first-order chi connectivity index (χ1) is 10.3. The second-order valence-corrected chi connectivity index (χ2v) is 5.63. The minimum Gasteiger partial charge on any atom is -0.455 e. The highest BCUT2D eigenvalue weighted by molar-refractivity contribution is 5.36. The van der Waals surface area contributed by atoms with Crippen LogP contribution in [0.3, 0.4) is 0 Å². The summed E-state index contributed by atoms with van der Waals surface area (Å²) in [5.74, 6) is 1.71. The van der Waals surface area contributed by atoms with Gasteiger partial charge in [-0.15, -0.1) is 0 Å². The van der Waals surface area contributed by atoms with Gasteiger partial charge in [0.2, 0.25) is 0 Å². The molecule has 1 aliphatic rings. The molecule has 3 rings (SSSR count). The summed E-state index contributed by atoms with van der Waals surface area (Å²) in [5, 5.41) is 3.52. The molecule has 0 bridgehead atoms. The molecule has 1 saturated carbocycles. The number of ether oxygens (including phenoxy) is 1. The van der Waals surface area contributed by atoms with Gasteiger partial charge in [-0.05, 0) is 43.0 Å². The Morgan fingerprint density at radius 2 is 2.00 bits per heavy atom. The monoisotopic (exact) mass is 282 g/mol. The van der Waals surface area contributed by atoms with Crippen molar-refractivity contribution in [2.75, 3.05) is 0 Å². The van der Waals surface area contributed by atoms with Crippen LogP contribution in [0.5, 0.6) is 11.5 Å². The van der Waals surface area contributed by atoms with Gasteiger partial charge in [0.25, 0.3) is 0 Å². The zero-order valence-electron chi connectivity index (χ0n) is 12.5. The first-order valence-corrected chi connectivity index (χ1v) is 7.78. The van der Waals surface area contributed by atoms with E-state index in [-0.39, 0.29) is 0 Å². The fourth-order valence-corrected chi connectivity index (χ4v) is 2.33. The number of hydrogen-bond donors (Lipinski definition) is 1. The van der Waals surface area contributed by atoms with Crippen molar-refractivity contribution in [2.45, 2.75) is 45.2 Å². The molecule has 0 atom stereocenters. The van der Waals surface area contributed by atoms with Crippen LogP contribution in [-0.4, -0.2) is 11.0 Å². The number of pyridine rings is 1. The van der Waals surface area contributed by atoms with E-state index in [2.05, 4.69) is 29.4 Å². The Balaban J connectivity index is 1.68. The second kappa shape index (κ2) is 6.72. The zero-order valence-corrected chi connectivity index (χ0v) is 12.5. The summed E-state index contributed by atoms with van der Waals surface area (Å²) in [7, 11) is 0. The normalized spacial score (nSPS) is 14.1. The van der Waals surface area contributed by atoms with Crippen LogP contribution in [0.15, 0.2) is 42.7 Å². The lowest BCUT2D eigenvalue weighted by Gasteiger charge is -2.11. The molecular formula is C18H22N2O. The Morgan fingerprint density at radius 1 is 1.19 bits per heavy atom. The smallest absolute Gasteiger partial charge is 0.150 e. The second-order valence-electron chi connectivity index (χ2n) is 5.63. The van der Waals surface area contributed by atoms with Crippen molar-refractivity contribution in [3.8, 4) is 11.5 Å². The van der Waals surface area contributed by atoms with Crippen molar-refractivity contribution in [3.05, 3.63) is 53.9 Å². The molecule has 0 unspecified atom stereocenters. The molecule has 1 fully saturated rings. The van der Waals surface area contributed by atoms with Crippen LogP contribution >= 0.6 is 0 Å². The molecule has 21 heavy (non-hydrogen) atoms. The molecule has 1 aliphatic carbocycles. The highest BCUT2D eigenvalue weighted by atomic mass is 16.5. The van der Waals surface area contributed by atoms with Crippen molar-refractivity contribution >= 4 is 0 Å². The van der Waals surface area contributed by atoms with Crippen molar-refractivity contribution < 1.29 is 4.74 Å². The molecule has 0 radical (unpaired) electrons. The van der Waals surface area contributed by atoms with E-state index in [4.69, 9.17) is 4.74 Å². The van der Waals surface area contributed by atoms with Gasteiger partial charge in [-0.1, -0.05) is 25.5 Å². The largest absolute Gasteiger partial charge is 0.455 e. The third-order valence-corrected chi connectivity index (χ3v) is 3.72. The van der Waals surface area contributed by atoms with Crippen LogP contribution in [0.2, 0.25) is 0 Å². The molecule has 0 spiro atoms. The summed E-state index contributed by atoms with van der Waals surface area (Å²) < 4.78 is 5.99. The predicted octanol–water partition coefficient (Wildman–Crippen LogP) is 4.08. The van der Waals surface area contributed by atoms with E-state index in [0.29, 0.717) is 6.04 Å². The third kappa shape index (κ3) is 4.05. The topological polar surface area (TPSA) is 34.1 Å². The third-order valence-electron chi connectivity index (χ3n) is 3.72. The van der Waals surface area contributed by atoms with Gasteiger partial charge in [0.15, 0.2) is 0 Å². The average molecular weight is 282 g/mol. The fraction of sp³-hybridized carbons (Fsp3) is 0.389. The van der Waals surface area contributed by atoms with Crippen LogP contribution in [-0.2, 0) is 13.0 Å². The Morgan fingerprint density at radius 3 is 2.71 bits per heavy atom. The Labute approximate surface area is 126 Å². The highest BCUT2D eigenvalue weighted by Crippen LogP contribution is 2.26. The summed E-state index contributed by atoms with van der Waals surface area (Å²) in [6.45, 7) is 3.04. The minimum absolute atomic E-state index is 0.694. The fourth-order valence-electron chi connectivity index (χ4n) is 2.33. The summed E-state index contributed by atoms with van der Waals surface area (Å²) >= 11 is 0. The summed E-state index contributed by atoms with van der Waals surface area (Å²) in [6.07, 6.45) is 8.48. The number of aromatic nitrogens is 1. The lowest BCUT2D eigenvalue weighted by molar-refractivity contribution is 0.470. The van der Waals surface area contributed by atoms with Crippen LogP contribution < -0.4 is 10.1 Å². The van der Waals surface area contributed by atoms with E-state index in [1.807, 2.05) is 24.4 Å². The maximum Gasteiger partial charge on any atom is 0.150 e. The van der Waals surface area contributed by atoms with E-state index in [1.165, 1.54) is 24.8 Å². The highest BCUT2D eigenvalue weighted by Gasteiger charge is 2.20. The standard InChI is InChI=1S/C18H22N2O/c1-2-3-14-4-8-17(9-5-14)21-18-13-19-11-10-15(18)12-20-16-6-7-16/h4-5,8-11,13,16,20H,2-3,6-7,12H2,1H3. The van der Waals surface area contributed by atoms with Crippen LogP contribution in [0, 0.1) is 0 Å². The van der Waals surface area contributed by atoms with Gasteiger partial charge in [-0.3, -0.25) is 4.98 Å². The molecule has 1 aromatic carbocycles. The number of nitrogens with one attached hydrogen (secondary N) is 1. The Hall–Kier alpha value is -1.87. The molecule has 110 valence electrons. The van der Waals surface area contributed by atoms with Gasteiger partial charge < -0.3 is 10.1 Å². The summed E-state index contributed by atoms with van der Waals surface area (Å²) in [5.41, 5.74) is 2.51. The molecule has 2 aromatic rings. The Kier molecular flexibility index (Phi) is 4.51. The SMILES string of the molecule is CCCc1ccc(Oc2cnccc2CNC2CC2)cc1. The van der Waals surface area contributed by atoms with Crippen molar-refractivity contribution in [1.29, 1.82) is 0 Å². The first kappa shape index (κ1) is 14.1. The molecule has 0 aliphatic heterocycles. The van der Waals surface area contributed by atoms with Crippen molar-refractivity contribution in [3.63, 3.8) is 0 Å². The number of nitrogens with zero attached hydrogens (tertiary/aromatic N) is 1. The van der Waals surface area contributed by atoms with E-state index in [0.717, 1.165) is 30.0 Å². The molecule has 1 aromatic heterocycles. The first-order valence-electron chi connectivity index (χ1n) is 7.78. The van der Waals surface area contributed by atoms with Gasteiger partial charge in [0.1, 0.15) is 11.5 Å². The van der Waals surface area contributed by atoms with Gasteiger partial charge >= 0.3 is 0 Å². The molecule has 0 amide bonds. The zero-order chi connectivity index (χ0) is 14.5. The maximum atomic E-state index is 5.99. The predicted molar refractivity (Wildman–Crippen MR) is 84.6 cm³/mol. The van der Waals surface area contributed by atoms with Crippen LogP contribution in [0.1, 0.15) is 37.3 Å². The van der Waals surface area contributed by atoms with E-state index >= 15 is 0 Å². The number of aryl methyl sites for hydroxylation is 1. The molecule has 3 nitrogen and oxygen atoms in total. The van der Waals surface area contributed by atoms with E-state index < -0.39 is 0 Å². The van der Waals surface area contributed by atoms with E-state index in [9.17, 15) is 0 Å². The quantitative estimate of drug-likeness (QED) is 0.831. The number of hydrogen-bond acceptors (Lipinski definition) is 3. The Bertz CT molecular complexity index is 576. The average Bonchev–Trinajstić information content (AvgIpc) is 3.33.